The highest BCUT2D eigenvalue weighted by Gasteiger charge is 2.27. The Hall–Kier alpha value is -0.290. The molecule has 1 fully saturated rings. The van der Waals surface area contributed by atoms with Gasteiger partial charge in [-0.3, -0.25) is 0 Å². The molecule has 2 atom stereocenters. The molecule has 0 aromatic carbocycles. The summed E-state index contributed by atoms with van der Waals surface area (Å²) in [5.74, 6) is 0.284. The molecule has 102 valence electrons. The second-order valence-corrected chi connectivity index (χ2v) is 5.02. The van der Waals surface area contributed by atoms with Crippen LogP contribution in [0.15, 0.2) is 0 Å². The van der Waals surface area contributed by atoms with Crippen LogP contribution in [-0.2, 0) is 0 Å². The number of likely N-dealkylation sites (tertiary alicyclic amines) is 1. The van der Waals surface area contributed by atoms with Crippen molar-refractivity contribution in [3.05, 3.63) is 0 Å². The summed E-state index contributed by atoms with van der Waals surface area (Å²) >= 11 is 0. The Kier molecular flexibility index (Phi) is 5.73. The summed E-state index contributed by atoms with van der Waals surface area (Å²) in [7, 11) is 0. The predicted molar refractivity (Wildman–Crippen MR) is 60.8 cm³/mol. The van der Waals surface area contributed by atoms with Gasteiger partial charge in [0, 0.05) is 13.0 Å². The largest absolute Gasteiger partial charge is 0.393 e. The molecular weight excluding hydrogens is 231 g/mol. The molecule has 1 aliphatic heterocycles. The number of rotatable bonds is 5. The summed E-state index contributed by atoms with van der Waals surface area (Å²) in [4.78, 5) is 2.18. The fourth-order valence-corrected chi connectivity index (χ4v) is 2.35. The van der Waals surface area contributed by atoms with E-state index in [-0.39, 0.29) is 18.4 Å². The first-order chi connectivity index (χ1) is 7.88. The average molecular weight is 253 g/mol. The topological polar surface area (TPSA) is 23.5 Å². The maximum atomic E-state index is 11.9. The lowest BCUT2D eigenvalue weighted by atomic mass is 9.93. The highest BCUT2D eigenvalue weighted by atomic mass is 19.4. The monoisotopic (exact) mass is 253 g/mol. The zero-order valence-corrected chi connectivity index (χ0v) is 10.3. The minimum Gasteiger partial charge on any atom is -0.393 e. The minimum atomic E-state index is -4.02. The van der Waals surface area contributed by atoms with Gasteiger partial charge >= 0.3 is 6.18 Å². The Bertz CT molecular complexity index is 218. The molecule has 1 rings (SSSR count). The summed E-state index contributed by atoms with van der Waals surface area (Å²) in [6, 6.07) is 0. The van der Waals surface area contributed by atoms with E-state index in [0.29, 0.717) is 6.42 Å². The van der Waals surface area contributed by atoms with Gasteiger partial charge in [0.05, 0.1) is 6.10 Å². The van der Waals surface area contributed by atoms with Crippen LogP contribution in [0.3, 0.4) is 0 Å². The molecule has 0 aromatic rings. The van der Waals surface area contributed by atoms with E-state index in [1.807, 2.05) is 0 Å². The van der Waals surface area contributed by atoms with E-state index < -0.39 is 12.6 Å². The minimum absolute atomic E-state index is 0.208. The quantitative estimate of drug-likeness (QED) is 0.762. The summed E-state index contributed by atoms with van der Waals surface area (Å²) in [6.45, 7) is 4.29. The van der Waals surface area contributed by atoms with E-state index >= 15 is 0 Å². The molecule has 1 N–H and O–H groups in total. The van der Waals surface area contributed by atoms with Gasteiger partial charge in [-0.1, -0.05) is 0 Å². The second kappa shape index (κ2) is 6.59. The van der Waals surface area contributed by atoms with Crippen molar-refractivity contribution < 1.29 is 18.3 Å². The van der Waals surface area contributed by atoms with Gasteiger partial charge in [-0.2, -0.15) is 13.2 Å². The summed E-state index contributed by atoms with van der Waals surface area (Å²) < 4.78 is 35.8. The Morgan fingerprint density at radius 3 is 2.65 bits per heavy atom. The third-order valence-corrected chi connectivity index (χ3v) is 3.41. The number of aliphatic hydroxyl groups excluding tert-OH is 1. The van der Waals surface area contributed by atoms with Crippen molar-refractivity contribution in [1.82, 2.24) is 4.90 Å². The lowest BCUT2D eigenvalue weighted by Crippen LogP contribution is -2.39. The molecule has 0 bridgehead atoms. The van der Waals surface area contributed by atoms with Gasteiger partial charge in [0.25, 0.3) is 0 Å². The lowest BCUT2D eigenvalue weighted by molar-refractivity contribution is -0.135. The van der Waals surface area contributed by atoms with Gasteiger partial charge in [-0.05, 0) is 51.6 Å². The molecule has 1 heterocycles. The van der Waals surface area contributed by atoms with Crippen LogP contribution in [0.2, 0.25) is 0 Å². The van der Waals surface area contributed by atoms with Crippen molar-refractivity contribution in [1.29, 1.82) is 0 Å². The summed E-state index contributed by atoms with van der Waals surface area (Å²) in [6.07, 6.45) is -2.16. The lowest BCUT2D eigenvalue weighted by Gasteiger charge is -2.34. The highest BCUT2D eigenvalue weighted by molar-refractivity contribution is 4.76. The van der Waals surface area contributed by atoms with Crippen molar-refractivity contribution in [2.24, 2.45) is 5.92 Å². The van der Waals surface area contributed by atoms with Gasteiger partial charge < -0.3 is 10.0 Å². The van der Waals surface area contributed by atoms with E-state index in [9.17, 15) is 18.3 Å². The fraction of sp³-hybridized carbons (Fsp3) is 1.00. The van der Waals surface area contributed by atoms with Crippen LogP contribution in [0.25, 0.3) is 0 Å². The maximum absolute atomic E-state index is 11.9. The van der Waals surface area contributed by atoms with Gasteiger partial charge in [-0.25, -0.2) is 0 Å². The Labute approximate surface area is 101 Å². The number of piperidine rings is 1. The fourth-order valence-electron chi connectivity index (χ4n) is 2.35. The molecule has 0 radical (unpaired) electrons. The van der Waals surface area contributed by atoms with Crippen LogP contribution >= 0.6 is 0 Å². The van der Waals surface area contributed by atoms with Crippen molar-refractivity contribution in [3.8, 4) is 0 Å². The molecule has 0 aromatic heterocycles. The van der Waals surface area contributed by atoms with E-state index in [0.717, 1.165) is 32.5 Å². The molecule has 0 aliphatic carbocycles. The molecule has 0 saturated carbocycles. The first-order valence-corrected chi connectivity index (χ1v) is 6.35. The van der Waals surface area contributed by atoms with Crippen LogP contribution in [0.5, 0.6) is 0 Å². The number of nitrogens with zero attached hydrogens (tertiary/aromatic N) is 1. The van der Waals surface area contributed by atoms with Crippen LogP contribution in [0.1, 0.15) is 39.0 Å². The van der Waals surface area contributed by atoms with Crippen LogP contribution in [0.4, 0.5) is 13.2 Å². The number of aliphatic hydroxyl groups is 1. The number of hydrogen-bond donors (Lipinski definition) is 1. The molecule has 1 aliphatic rings. The van der Waals surface area contributed by atoms with Gasteiger partial charge in [-0.15, -0.1) is 0 Å². The van der Waals surface area contributed by atoms with E-state index in [1.165, 1.54) is 0 Å². The van der Waals surface area contributed by atoms with Crippen molar-refractivity contribution in [2.45, 2.75) is 51.3 Å². The third kappa shape index (κ3) is 6.27. The summed E-state index contributed by atoms with van der Waals surface area (Å²) in [5, 5.41) is 9.50. The third-order valence-electron chi connectivity index (χ3n) is 3.41. The molecule has 2 unspecified atom stereocenters. The van der Waals surface area contributed by atoms with Crippen LogP contribution in [0, 0.1) is 5.92 Å². The highest BCUT2D eigenvalue weighted by Crippen LogP contribution is 2.23. The molecule has 17 heavy (non-hydrogen) atoms. The van der Waals surface area contributed by atoms with Gasteiger partial charge in [0.2, 0.25) is 0 Å². The zero-order chi connectivity index (χ0) is 12.9. The van der Waals surface area contributed by atoms with Crippen molar-refractivity contribution in [2.75, 3.05) is 19.6 Å². The van der Waals surface area contributed by atoms with Gasteiger partial charge in [0.1, 0.15) is 0 Å². The van der Waals surface area contributed by atoms with Crippen LogP contribution in [-0.4, -0.2) is 41.9 Å². The number of unbranched alkanes of at least 4 members (excludes halogenated alkanes) is 1. The van der Waals surface area contributed by atoms with Gasteiger partial charge in [0.15, 0.2) is 0 Å². The molecule has 2 nitrogen and oxygen atoms in total. The van der Waals surface area contributed by atoms with E-state index in [4.69, 9.17) is 0 Å². The number of hydrogen-bond acceptors (Lipinski definition) is 2. The predicted octanol–water partition coefficient (Wildman–Crippen LogP) is 2.81. The number of alkyl halides is 3. The van der Waals surface area contributed by atoms with Crippen molar-refractivity contribution in [3.63, 3.8) is 0 Å². The van der Waals surface area contributed by atoms with E-state index in [1.54, 1.807) is 6.92 Å². The first-order valence-electron chi connectivity index (χ1n) is 6.35. The molecule has 5 heteroatoms. The molecule has 0 spiro atoms. The van der Waals surface area contributed by atoms with E-state index in [2.05, 4.69) is 4.90 Å². The van der Waals surface area contributed by atoms with Crippen molar-refractivity contribution >= 4 is 0 Å². The first kappa shape index (κ1) is 14.8. The second-order valence-electron chi connectivity index (χ2n) is 5.02. The smallest absolute Gasteiger partial charge is 0.389 e. The average Bonchev–Trinajstić information content (AvgIpc) is 2.23. The standard InChI is InChI=1S/C12H22F3NO/c1-10(17)11-5-4-8-16(9-11)7-3-2-6-12(13,14)15/h10-11,17H,2-9H2,1H3. The number of halogens is 3. The zero-order valence-electron chi connectivity index (χ0n) is 10.3. The molecule has 1 saturated heterocycles. The SMILES string of the molecule is CC(O)C1CCCN(CCCCC(F)(F)F)C1. The normalized spacial score (nSPS) is 24.9. The Balaban J connectivity index is 2.15. The Morgan fingerprint density at radius 2 is 2.06 bits per heavy atom. The maximum Gasteiger partial charge on any atom is 0.389 e. The molecular formula is C12H22F3NO. The van der Waals surface area contributed by atoms with Crippen LogP contribution < -0.4 is 0 Å². The summed E-state index contributed by atoms with van der Waals surface area (Å²) in [5.41, 5.74) is 0. The molecule has 0 amide bonds. The Morgan fingerprint density at radius 1 is 1.35 bits per heavy atom.